The van der Waals surface area contributed by atoms with E-state index in [2.05, 4.69) is 32.3 Å². The highest BCUT2D eigenvalue weighted by Gasteiger charge is 2.22. The van der Waals surface area contributed by atoms with Gasteiger partial charge < -0.3 is 15.0 Å². The number of rotatable bonds is 5. The molecule has 1 aliphatic rings. The van der Waals surface area contributed by atoms with Crippen LogP contribution in [0.3, 0.4) is 0 Å². The third-order valence-electron chi connectivity index (χ3n) is 3.82. The average Bonchev–Trinajstić information content (AvgIpc) is 3.03. The lowest BCUT2D eigenvalue weighted by Gasteiger charge is -2.19. The van der Waals surface area contributed by atoms with E-state index in [0.717, 1.165) is 25.4 Å². The second kappa shape index (κ2) is 6.43. The molecule has 1 aliphatic heterocycles. The molecule has 0 spiro atoms. The molecule has 2 aromatic rings. The Morgan fingerprint density at radius 2 is 2.14 bits per heavy atom. The Labute approximate surface area is 125 Å². The van der Waals surface area contributed by atoms with Gasteiger partial charge in [-0.25, -0.2) is 9.97 Å². The molecular formula is C16H20N4O. The first kappa shape index (κ1) is 13.7. The summed E-state index contributed by atoms with van der Waals surface area (Å²) in [6, 6.07) is 10.1. The van der Waals surface area contributed by atoms with Gasteiger partial charge in [0.25, 0.3) is 0 Å². The van der Waals surface area contributed by atoms with Gasteiger partial charge >= 0.3 is 0 Å². The SMILES string of the molecule is COc1cccc(N2CC[C@@H](CNc3ncccn3)C2)c1. The molecule has 21 heavy (non-hydrogen) atoms. The van der Waals surface area contributed by atoms with Crippen molar-refractivity contribution in [2.24, 2.45) is 5.92 Å². The first-order valence-electron chi connectivity index (χ1n) is 7.25. The summed E-state index contributed by atoms with van der Waals surface area (Å²) >= 11 is 0. The third kappa shape index (κ3) is 3.42. The molecule has 1 atom stereocenters. The number of nitrogens with zero attached hydrogens (tertiary/aromatic N) is 3. The predicted molar refractivity (Wildman–Crippen MR) is 83.8 cm³/mol. The normalized spacial score (nSPS) is 17.8. The average molecular weight is 284 g/mol. The van der Waals surface area contributed by atoms with Crippen molar-refractivity contribution in [3.63, 3.8) is 0 Å². The topological polar surface area (TPSA) is 50.3 Å². The van der Waals surface area contributed by atoms with Gasteiger partial charge in [-0.2, -0.15) is 0 Å². The number of aromatic nitrogens is 2. The van der Waals surface area contributed by atoms with Gasteiger partial charge in [-0.3, -0.25) is 0 Å². The zero-order valence-electron chi connectivity index (χ0n) is 12.2. The molecule has 110 valence electrons. The summed E-state index contributed by atoms with van der Waals surface area (Å²) in [6.07, 6.45) is 4.69. The Morgan fingerprint density at radius 3 is 2.95 bits per heavy atom. The summed E-state index contributed by atoms with van der Waals surface area (Å²) in [7, 11) is 1.70. The molecule has 0 aliphatic carbocycles. The zero-order chi connectivity index (χ0) is 14.5. The van der Waals surface area contributed by atoms with Crippen LogP contribution in [0, 0.1) is 5.92 Å². The van der Waals surface area contributed by atoms with Crippen LogP contribution < -0.4 is 15.0 Å². The molecule has 0 amide bonds. The number of nitrogens with one attached hydrogen (secondary N) is 1. The third-order valence-corrected chi connectivity index (χ3v) is 3.82. The van der Waals surface area contributed by atoms with Crippen LogP contribution in [0.1, 0.15) is 6.42 Å². The van der Waals surface area contributed by atoms with Gasteiger partial charge in [0.05, 0.1) is 7.11 Å². The number of anilines is 2. The van der Waals surface area contributed by atoms with Crippen molar-refractivity contribution in [2.75, 3.05) is 37.0 Å². The van der Waals surface area contributed by atoms with Crippen molar-refractivity contribution >= 4 is 11.6 Å². The molecule has 0 unspecified atom stereocenters. The number of benzene rings is 1. The van der Waals surface area contributed by atoms with Crippen LogP contribution in [0.25, 0.3) is 0 Å². The fourth-order valence-corrected chi connectivity index (χ4v) is 2.67. The number of ether oxygens (including phenoxy) is 1. The van der Waals surface area contributed by atoms with Gasteiger partial charge in [0.15, 0.2) is 0 Å². The highest BCUT2D eigenvalue weighted by Crippen LogP contribution is 2.26. The molecular weight excluding hydrogens is 264 g/mol. The van der Waals surface area contributed by atoms with Crippen molar-refractivity contribution in [1.82, 2.24) is 9.97 Å². The van der Waals surface area contributed by atoms with E-state index in [9.17, 15) is 0 Å². The number of hydrogen-bond donors (Lipinski definition) is 1. The summed E-state index contributed by atoms with van der Waals surface area (Å²) in [6.45, 7) is 3.03. The van der Waals surface area contributed by atoms with E-state index in [1.165, 1.54) is 12.1 Å². The molecule has 1 fully saturated rings. The second-order valence-electron chi connectivity index (χ2n) is 5.26. The highest BCUT2D eigenvalue weighted by atomic mass is 16.5. The van der Waals surface area contributed by atoms with Crippen LogP contribution >= 0.6 is 0 Å². The predicted octanol–water partition coefficient (Wildman–Crippen LogP) is 2.42. The van der Waals surface area contributed by atoms with E-state index < -0.39 is 0 Å². The number of hydrogen-bond acceptors (Lipinski definition) is 5. The Balaban J connectivity index is 1.55. The Kier molecular flexibility index (Phi) is 4.19. The molecule has 0 bridgehead atoms. The smallest absolute Gasteiger partial charge is 0.222 e. The van der Waals surface area contributed by atoms with E-state index in [1.54, 1.807) is 19.5 Å². The second-order valence-corrected chi connectivity index (χ2v) is 5.26. The minimum atomic E-state index is 0.611. The Bertz CT molecular complexity index is 575. The lowest BCUT2D eigenvalue weighted by molar-refractivity contribution is 0.415. The van der Waals surface area contributed by atoms with Crippen LogP contribution in [0.4, 0.5) is 11.6 Å². The molecule has 1 aromatic carbocycles. The van der Waals surface area contributed by atoms with Crippen LogP contribution in [0.5, 0.6) is 5.75 Å². The highest BCUT2D eigenvalue weighted by molar-refractivity contribution is 5.51. The minimum absolute atomic E-state index is 0.611. The van der Waals surface area contributed by atoms with Gasteiger partial charge in [-0.05, 0) is 30.5 Å². The standard InChI is InChI=1S/C16H20N4O/c1-21-15-5-2-4-14(10-15)20-9-6-13(12-20)11-19-16-17-7-3-8-18-16/h2-5,7-8,10,13H,6,9,11-12H2,1H3,(H,17,18,19)/t13-/m0/s1. The van der Waals surface area contributed by atoms with Gasteiger partial charge in [0.1, 0.15) is 5.75 Å². The largest absolute Gasteiger partial charge is 0.497 e. The zero-order valence-corrected chi connectivity index (χ0v) is 12.2. The quantitative estimate of drug-likeness (QED) is 0.914. The first-order chi connectivity index (χ1) is 10.3. The molecule has 5 heteroatoms. The number of methoxy groups -OCH3 is 1. The monoisotopic (exact) mass is 284 g/mol. The van der Waals surface area contributed by atoms with Crippen molar-refractivity contribution in [3.05, 3.63) is 42.7 Å². The van der Waals surface area contributed by atoms with E-state index in [-0.39, 0.29) is 0 Å². The van der Waals surface area contributed by atoms with E-state index in [4.69, 9.17) is 4.74 Å². The van der Waals surface area contributed by atoms with Gasteiger partial charge in [-0.1, -0.05) is 6.07 Å². The molecule has 1 aromatic heterocycles. The van der Waals surface area contributed by atoms with Crippen LogP contribution in [-0.4, -0.2) is 36.7 Å². The fraction of sp³-hybridized carbons (Fsp3) is 0.375. The van der Waals surface area contributed by atoms with E-state index in [1.807, 2.05) is 18.2 Å². The van der Waals surface area contributed by atoms with E-state index >= 15 is 0 Å². The molecule has 2 heterocycles. The molecule has 3 rings (SSSR count). The molecule has 1 N–H and O–H groups in total. The van der Waals surface area contributed by atoms with Gasteiger partial charge in [0, 0.05) is 43.8 Å². The van der Waals surface area contributed by atoms with E-state index in [0.29, 0.717) is 11.9 Å². The molecule has 0 saturated carbocycles. The minimum Gasteiger partial charge on any atom is -0.497 e. The Morgan fingerprint density at radius 1 is 1.29 bits per heavy atom. The lowest BCUT2D eigenvalue weighted by atomic mass is 10.1. The Hall–Kier alpha value is -2.30. The maximum Gasteiger partial charge on any atom is 0.222 e. The maximum atomic E-state index is 5.29. The summed E-state index contributed by atoms with van der Waals surface area (Å²) in [4.78, 5) is 10.8. The van der Waals surface area contributed by atoms with Crippen LogP contribution in [-0.2, 0) is 0 Å². The summed E-state index contributed by atoms with van der Waals surface area (Å²) in [5, 5.41) is 3.31. The van der Waals surface area contributed by atoms with Crippen molar-refractivity contribution in [2.45, 2.75) is 6.42 Å². The van der Waals surface area contributed by atoms with Crippen LogP contribution in [0.2, 0.25) is 0 Å². The fourth-order valence-electron chi connectivity index (χ4n) is 2.67. The van der Waals surface area contributed by atoms with Crippen molar-refractivity contribution in [1.29, 1.82) is 0 Å². The summed E-state index contributed by atoms with van der Waals surface area (Å²) in [5.41, 5.74) is 1.23. The summed E-state index contributed by atoms with van der Waals surface area (Å²) < 4.78 is 5.29. The molecule has 1 saturated heterocycles. The van der Waals surface area contributed by atoms with Crippen LogP contribution in [0.15, 0.2) is 42.7 Å². The van der Waals surface area contributed by atoms with Crippen molar-refractivity contribution in [3.8, 4) is 5.75 Å². The molecule has 0 radical (unpaired) electrons. The maximum absolute atomic E-state index is 5.29. The summed E-state index contributed by atoms with van der Waals surface area (Å²) in [5.74, 6) is 2.23. The lowest BCUT2D eigenvalue weighted by Crippen LogP contribution is -2.22. The van der Waals surface area contributed by atoms with Crippen molar-refractivity contribution < 1.29 is 4.74 Å². The first-order valence-corrected chi connectivity index (χ1v) is 7.25. The molecule has 5 nitrogen and oxygen atoms in total. The van der Waals surface area contributed by atoms with Gasteiger partial charge in [0.2, 0.25) is 5.95 Å². The van der Waals surface area contributed by atoms with Gasteiger partial charge in [-0.15, -0.1) is 0 Å².